The number of rotatable bonds is 6. The molecule has 0 aliphatic carbocycles. The first-order valence-electron chi connectivity index (χ1n) is 8.68. The summed E-state index contributed by atoms with van der Waals surface area (Å²) in [7, 11) is -3.85. The summed E-state index contributed by atoms with van der Waals surface area (Å²) in [6.07, 6.45) is 1.64. The topological polar surface area (TPSA) is 96.4 Å². The van der Waals surface area contributed by atoms with E-state index in [9.17, 15) is 18.3 Å². The molecule has 146 valence electrons. The van der Waals surface area contributed by atoms with Crippen LogP contribution >= 0.6 is 11.3 Å². The van der Waals surface area contributed by atoms with Crippen molar-refractivity contribution in [1.82, 2.24) is 9.71 Å². The van der Waals surface area contributed by atoms with Gasteiger partial charge in [0.1, 0.15) is 0 Å². The van der Waals surface area contributed by atoms with Gasteiger partial charge >= 0.3 is 5.97 Å². The third-order valence-electron chi connectivity index (χ3n) is 4.51. The summed E-state index contributed by atoms with van der Waals surface area (Å²) in [5.74, 6) is -1.10. The van der Waals surface area contributed by atoms with Crippen LogP contribution in [0.5, 0.6) is 0 Å². The number of nitrogens with zero attached hydrogens (tertiary/aromatic N) is 1. The lowest BCUT2D eigenvalue weighted by atomic mass is 10.0. The number of aromatic nitrogens is 1. The molecular weight excluding hydrogens is 408 g/mol. The quantitative estimate of drug-likeness (QED) is 0.485. The molecular formula is C21H16N2O4S2. The number of benzene rings is 2. The number of carbonyl (C=O) groups is 1. The number of nitrogens with one attached hydrogen (secondary N) is 1. The van der Waals surface area contributed by atoms with E-state index in [1.54, 1.807) is 35.7 Å². The van der Waals surface area contributed by atoms with Crippen molar-refractivity contribution in [2.24, 2.45) is 0 Å². The summed E-state index contributed by atoms with van der Waals surface area (Å²) < 4.78 is 28.3. The lowest BCUT2D eigenvalue weighted by Gasteiger charge is -2.11. The van der Waals surface area contributed by atoms with E-state index in [4.69, 9.17) is 0 Å². The van der Waals surface area contributed by atoms with E-state index >= 15 is 0 Å². The van der Waals surface area contributed by atoms with Crippen LogP contribution in [0.1, 0.15) is 15.9 Å². The van der Waals surface area contributed by atoms with Crippen LogP contribution in [-0.2, 0) is 16.6 Å². The normalized spacial score (nSPS) is 11.6. The average molecular weight is 425 g/mol. The Labute approximate surface area is 171 Å². The van der Waals surface area contributed by atoms with Crippen molar-refractivity contribution in [1.29, 1.82) is 0 Å². The Hall–Kier alpha value is -3.07. The summed E-state index contributed by atoms with van der Waals surface area (Å²) in [4.78, 5) is 15.9. The number of carboxylic acid groups (broad SMARTS) is 1. The van der Waals surface area contributed by atoms with Gasteiger partial charge in [-0.05, 0) is 40.6 Å². The van der Waals surface area contributed by atoms with Gasteiger partial charge in [0, 0.05) is 29.1 Å². The second-order valence-corrected chi connectivity index (χ2v) is 8.87. The predicted molar refractivity (Wildman–Crippen MR) is 112 cm³/mol. The van der Waals surface area contributed by atoms with Crippen molar-refractivity contribution in [3.63, 3.8) is 0 Å². The third-order valence-corrected chi connectivity index (χ3v) is 6.65. The third kappa shape index (κ3) is 3.91. The molecule has 0 spiro atoms. The minimum absolute atomic E-state index is 0.0425. The summed E-state index contributed by atoms with van der Waals surface area (Å²) in [5.41, 5.74) is 2.63. The molecule has 29 heavy (non-hydrogen) atoms. The number of carboxylic acids is 1. The molecule has 0 radical (unpaired) electrons. The SMILES string of the molecule is O=C(O)c1cccc2c(S(=O)(=O)NCc3ccc(-c4ccsc4)nc3)cccc12. The zero-order chi connectivity index (χ0) is 20.4. The van der Waals surface area contributed by atoms with Gasteiger partial charge in [0.05, 0.1) is 16.2 Å². The molecule has 0 amide bonds. The fraction of sp³-hybridized carbons (Fsp3) is 0.0476. The summed E-state index contributed by atoms with van der Waals surface area (Å²) >= 11 is 1.59. The zero-order valence-corrected chi connectivity index (χ0v) is 16.7. The van der Waals surface area contributed by atoms with Crippen LogP contribution in [0.4, 0.5) is 0 Å². The van der Waals surface area contributed by atoms with Gasteiger partial charge in [0.2, 0.25) is 10.0 Å². The minimum Gasteiger partial charge on any atom is -0.478 e. The van der Waals surface area contributed by atoms with Crippen LogP contribution in [0.3, 0.4) is 0 Å². The van der Waals surface area contributed by atoms with Gasteiger partial charge in [-0.15, -0.1) is 0 Å². The maximum Gasteiger partial charge on any atom is 0.336 e. The highest BCUT2D eigenvalue weighted by molar-refractivity contribution is 7.89. The second kappa shape index (κ2) is 7.75. The Morgan fingerprint density at radius 3 is 2.52 bits per heavy atom. The molecule has 2 heterocycles. The first-order chi connectivity index (χ1) is 14.0. The van der Waals surface area contributed by atoms with E-state index in [1.165, 1.54) is 18.2 Å². The Morgan fingerprint density at radius 1 is 1.03 bits per heavy atom. The molecule has 2 N–H and O–H groups in total. The Balaban J connectivity index is 1.59. The largest absolute Gasteiger partial charge is 0.478 e. The van der Waals surface area contributed by atoms with E-state index in [0.29, 0.717) is 10.8 Å². The van der Waals surface area contributed by atoms with E-state index < -0.39 is 16.0 Å². The van der Waals surface area contributed by atoms with Gasteiger partial charge < -0.3 is 5.11 Å². The molecule has 0 saturated carbocycles. The maximum absolute atomic E-state index is 12.9. The number of thiophene rings is 1. The lowest BCUT2D eigenvalue weighted by molar-refractivity contribution is 0.0699. The molecule has 8 heteroatoms. The zero-order valence-electron chi connectivity index (χ0n) is 15.1. The monoisotopic (exact) mass is 424 g/mol. The Bertz CT molecular complexity index is 1280. The lowest BCUT2D eigenvalue weighted by Crippen LogP contribution is -2.23. The first-order valence-corrected chi connectivity index (χ1v) is 11.1. The highest BCUT2D eigenvalue weighted by atomic mass is 32.2. The number of fused-ring (bicyclic) bond motifs is 1. The number of pyridine rings is 1. The van der Waals surface area contributed by atoms with E-state index in [0.717, 1.165) is 16.8 Å². The molecule has 2 aromatic heterocycles. The van der Waals surface area contributed by atoms with Crippen molar-refractivity contribution in [3.05, 3.63) is 82.7 Å². The minimum atomic E-state index is -3.85. The van der Waals surface area contributed by atoms with Gasteiger partial charge in [-0.25, -0.2) is 17.9 Å². The van der Waals surface area contributed by atoms with Crippen LogP contribution < -0.4 is 4.72 Å². The fourth-order valence-electron chi connectivity index (χ4n) is 3.07. The Kier molecular flexibility index (Phi) is 5.14. The Morgan fingerprint density at radius 2 is 1.83 bits per heavy atom. The van der Waals surface area contributed by atoms with Gasteiger partial charge in [-0.2, -0.15) is 11.3 Å². The summed E-state index contributed by atoms with van der Waals surface area (Å²) in [6.45, 7) is 0.0776. The van der Waals surface area contributed by atoms with E-state index in [-0.39, 0.29) is 17.0 Å². The molecule has 4 aromatic rings. The molecule has 0 fully saturated rings. The highest BCUT2D eigenvalue weighted by Gasteiger charge is 2.19. The van der Waals surface area contributed by atoms with Crippen LogP contribution in [-0.4, -0.2) is 24.5 Å². The molecule has 0 aliphatic heterocycles. The van der Waals surface area contributed by atoms with Crippen molar-refractivity contribution < 1.29 is 18.3 Å². The van der Waals surface area contributed by atoms with Crippen LogP contribution in [0.2, 0.25) is 0 Å². The number of aromatic carboxylic acids is 1. The van der Waals surface area contributed by atoms with Gasteiger partial charge in [-0.1, -0.05) is 30.3 Å². The van der Waals surface area contributed by atoms with Gasteiger partial charge in [0.15, 0.2) is 0 Å². The summed E-state index contributed by atoms with van der Waals surface area (Å²) in [5, 5.41) is 14.1. The highest BCUT2D eigenvalue weighted by Crippen LogP contribution is 2.26. The molecule has 0 saturated heterocycles. The summed E-state index contributed by atoms with van der Waals surface area (Å²) in [6, 6.07) is 14.9. The van der Waals surface area contributed by atoms with Crippen molar-refractivity contribution in [3.8, 4) is 11.3 Å². The van der Waals surface area contributed by atoms with Crippen molar-refractivity contribution >= 4 is 38.1 Å². The molecule has 6 nitrogen and oxygen atoms in total. The van der Waals surface area contributed by atoms with Crippen LogP contribution in [0, 0.1) is 0 Å². The molecule has 4 rings (SSSR count). The standard InChI is InChI=1S/C21H16N2O4S2/c24-21(25)18-5-1-4-17-16(18)3-2-6-20(17)29(26,27)23-12-14-7-8-19(22-11-14)15-9-10-28-13-15/h1-11,13,23H,12H2,(H,24,25). The fourth-order valence-corrected chi connectivity index (χ4v) is 4.96. The average Bonchev–Trinajstić information content (AvgIpc) is 3.26. The molecule has 0 unspecified atom stereocenters. The van der Waals surface area contributed by atoms with Gasteiger partial charge in [0.25, 0.3) is 0 Å². The first kappa shape index (κ1) is 19.3. The maximum atomic E-state index is 12.9. The molecule has 0 aliphatic rings. The van der Waals surface area contributed by atoms with Crippen LogP contribution in [0.15, 0.2) is 76.4 Å². The van der Waals surface area contributed by atoms with E-state index in [1.807, 2.05) is 29.0 Å². The number of hydrogen-bond donors (Lipinski definition) is 2. The number of hydrogen-bond acceptors (Lipinski definition) is 5. The number of sulfonamides is 1. The van der Waals surface area contributed by atoms with Crippen molar-refractivity contribution in [2.75, 3.05) is 0 Å². The second-order valence-electron chi connectivity index (χ2n) is 6.35. The molecule has 2 aromatic carbocycles. The van der Waals surface area contributed by atoms with Gasteiger partial charge in [-0.3, -0.25) is 4.98 Å². The molecule has 0 bridgehead atoms. The predicted octanol–water partition coefficient (Wildman–Crippen LogP) is 4.14. The van der Waals surface area contributed by atoms with Crippen LogP contribution in [0.25, 0.3) is 22.0 Å². The molecule has 0 atom stereocenters. The smallest absolute Gasteiger partial charge is 0.336 e. The van der Waals surface area contributed by atoms with E-state index in [2.05, 4.69) is 9.71 Å². The van der Waals surface area contributed by atoms with Crippen molar-refractivity contribution in [2.45, 2.75) is 11.4 Å².